The van der Waals surface area contributed by atoms with Crippen molar-refractivity contribution in [2.24, 2.45) is 11.8 Å². The Morgan fingerprint density at radius 1 is 1.11 bits per heavy atom. The molecule has 5 atom stereocenters. The molecule has 36 heavy (non-hydrogen) atoms. The summed E-state index contributed by atoms with van der Waals surface area (Å²) in [4.78, 5) is 44.6. The number of likely N-dealkylation sites (tertiary alicyclic amines) is 1. The Kier molecular flexibility index (Phi) is 7.04. The van der Waals surface area contributed by atoms with Crippen molar-refractivity contribution in [3.05, 3.63) is 30.3 Å². The summed E-state index contributed by atoms with van der Waals surface area (Å²) in [7, 11) is 0. The molecule has 4 saturated heterocycles. The van der Waals surface area contributed by atoms with Crippen LogP contribution >= 0.6 is 0 Å². The van der Waals surface area contributed by atoms with Crippen molar-refractivity contribution in [3.63, 3.8) is 0 Å². The standard InChI is InChI=1S/C26H36N4O6/c1-2-25-8-9-26(36-25)20(19(25)22(32)28-18-6-4-3-5-7-18)24(34)30(12-15-31)21(26)23(33)27-10-11-29-13-16-35-17-14-29/h3-7,19-21,31H,2,8-17H2,1H3,(H,27,33)(H,28,32)/t19-,20+,21?,25+,26?/m1/s1. The molecule has 1 aromatic carbocycles. The molecule has 10 heteroatoms. The fraction of sp³-hybridized carbons (Fsp3) is 0.654. The van der Waals surface area contributed by atoms with E-state index in [0.29, 0.717) is 51.3 Å². The van der Waals surface area contributed by atoms with Gasteiger partial charge in [0.05, 0.1) is 37.3 Å². The molecule has 1 aromatic rings. The number of benzene rings is 1. The van der Waals surface area contributed by atoms with Crippen molar-refractivity contribution in [1.82, 2.24) is 15.1 Å². The summed E-state index contributed by atoms with van der Waals surface area (Å²) >= 11 is 0. The van der Waals surface area contributed by atoms with Crippen LogP contribution in [0.1, 0.15) is 26.2 Å². The zero-order valence-electron chi connectivity index (χ0n) is 20.8. The number of hydrogen-bond donors (Lipinski definition) is 3. The first-order chi connectivity index (χ1) is 17.5. The van der Waals surface area contributed by atoms with E-state index in [1.807, 2.05) is 25.1 Å². The van der Waals surface area contributed by atoms with Gasteiger partial charge in [0.25, 0.3) is 0 Å². The Bertz CT molecular complexity index is 986. The first-order valence-corrected chi connectivity index (χ1v) is 13.0. The molecule has 2 unspecified atom stereocenters. The van der Waals surface area contributed by atoms with Crippen molar-refractivity contribution in [1.29, 1.82) is 0 Å². The third-order valence-corrected chi connectivity index (χ3v) is 8.42. The van der Waals surface area contributed by atoms with Crippen LogP contribution in [0, 0.1) is 11.8 Å². The number of carbonyl (C=O) groups is 3. The fourth-order valence-corrected chi connectivity index (χ4v) is 6.76. The summed E-state index contributed by atoms with van der Waals surface area (Å²) in [6.07, 6.45) is 1.69. The summed E-state index contributed by atoms with van der Waals surface area (Å²) in [5.74, 6) is -2.32. The highest BCUT2D eigenvalue weighted by Gasteiger charge is 2.78. The van der Waals surface area contributed by atoms with E-state index >= 15 is 0 Å². The molecule has 0 aromatic heterocycles. The smallest absolute Gasteiger partial charge is 0.245 e. The minimum absolute atomic E-state index is 0.0220. The number of fused-ring (bicyclic) bond motifs is 1. The monoisotopic (exact) mass is 500 g/mol. The zero-order valence-corrected chi connectivity index (χ0v) is 20.8. The molecule has 10 nitrogen and oxygen atoms in total. The first kappa shape index (κ1) is 25.1. The van der Waals surface area contributed by atoms with Crippen LogP contribution in [0.3, 0.4) is 0 Å². The summed E-state index contributed by atoms with van der Waals surface area (Å²) in [5.41, 5.74) is -1.22. The highest BCUT2D eigenvalue weighted by molar-refractivity contribution is 6.02. The van der Waals surface area contributed by atoms with Crippen molar-refractivity contribution >= 4 is 23.4 Å². The van der Waals surface area contributed by atoms with Crippen LogP contribution in [0.4, 0.5) is 5.69 Å². The van der Waals surface area contributed by atoms with Gasteiger partial charge in [-0.2, -0.15) is 0 Å². The highest BCUT2D eigenvalue weighted by Crippen LogP contribution is 2.64. The summed E-state index contributed by atoms with van der Waals surface area (Å²) in [6.45, 7) is 5.85. The molecular weight excluding hydrogens is 464 g/mol. The van der Waals surface area contributed by atoms with Gasteiger partial charge in [0.15, 0.2) is 0 Å². The maximum absolute atomic E-state index is 13.8. The number of nitrogens with one attached hydrogen (secondary N) is 2. The van der Waals surface area contributed by atoms with E-state index in [4.69, 9.17) is 9.47 Å². The molecule has 0 saturated carbocycles. The second-order valence-corrected chi connectivity index (χ2v) is 10.2. The van der Waals surface area contributed by atoms with Gasteiger partial charge in [-0.3, -0.25) is 19.3 Å². The maximum Gasteiger partial charge on any atom is 0.245 e. The number of carbonyl (C=O) groups excluding carboxylic acids is 3. The minimum atomic E-state index is -1.08. The SMILES string of the molecule is CC[C@@]12CCC3(O1)C(C(=O)NCCN1CCOCC1)N(CCO)C(=O)[C@@H]3[C@@H]2C(=O)Nc1ccccc1. The topological polar surface area (TPSA) is 120 Å². The van der Waals surface area contributed by atoms with E-state index in [2.05, 4.69) is 15.5 Å². The summed E-state index contributed by atoms with van der Waals surface area (Å²) in [6, 6.07) is 8.28. The van der Waals surface area contributed by atoms with Crippen molar-refractivity contribution in [2.75, 3.05) is 57.9 Å². The minimum Gasteiger partial charge on any atom is -0.395 e. The Morgan fingerprint density at radius 3 is 2.56 bits per heavy atom. The van der Waals surface area contributed by atoms with E-state index in [0.717, 1.165) is 13.1 Å². The number of morpholine rings is 1. The Balaban J connectivity index is 1.39. The molecule has 5 rings (SSSR count). The predicted molar refractivity (Wildman–Crippen MR) is 131 cm³/mol. The number of β-amino-alcohol motifs (C(OH)–C–C–N with tert-alkyl or cyclic N) is 1. The zero-order chi connectivity index (χ0) is 25.3. The van der Waals surface area contributed by atoms with Crippen LogP contribution in [0.5, 0.6) is 0 Å². The van der Waals surface area contributed by atoms with Crippen LogP contribution in [-0.4, -0.2) is 102 Å². The Hall–Kier alpha value is -2.53. The largest absolute Gasteiger partial charge is 0.395 e. The van der Waals surface area contributed by atoms with Crippen molar-refractivity contribution < 1.29 is 29.0 Å². The van der Waals surface area contributed by atoms with E-state index in [1.54, 1.807) is 12.1 Å². The second-order valence-electron chi connectivity index (χ2n) is 10.2. The average Bonchev–Trinajstić information content (AvgIpc) is 3.49. The van der Waals surface area contributed by atoms with Gasteiger partial charge in [0.1, 0.15) is 11.6 Å². The van der Waals surface area contributed by atoms with Gasteiger partial charge in [0, 0.05) is 38.4 Å². The lowest BCUT2D eigenvalue weighted by Crippen LogP contribution is -2.56. The lowest BCUT2D eigenvalue weighted by molar-refractivity contribution is -0.146. The molecule has 3 amide bonds. The third-order valence-electron chi connectivity index (χ3n) is 8.42. The lowest BCUT2D eigenvalue weighted by atomic mass is 9.65. The molecule has 0 radical (unpaired) electrons. The van der Waals surface area contributed by atoms with Crippen molar-refractivity contribution in [3.8, 4) is 0 Å². The molecule has 3 N–H and O–H groups in total. The summed E-state index contributed by atoms with van der Waals surface area (Å²) in [5, 5.41) is 15.7. The quantitative estimate of drug-likeness (QED) is 0.444. The van der Waals surface area contributed by atoms with Gasteiger partial charge in [-0.25, -0.2) is 0 Å². The molecule has 4 fully saturated rings. The second kappa shape index (κ2) is 10.1. The number of hydrogen-bond acceptors (Lipinski definition) is 7. The van der Waals surface area contributed by atoms with Crippen LogP contribution in [0.15, 0.2) is 30.3 Å². The number of aliphatic hydroxyl groups is 1. The average molecular weight is 501 g/mol. The molecule has 4 aliphatic heterocycles. The van der Waals surface area contributed by atoms with Crippen LogP contribution in [-0.2, 0) is 23.9 Å². The van der Waals surface area contributed by atoms with Gasteiger partial charge in [0.2, 0.25) is 17.7 Å². The predicted octanol–water partition coefficient (Wildman–Crippen LogP) is 0.221. The number of ether oxygens (including phenoxy) is 2. The molecule has 0 aliphatic carbocycles. The molecule has 4 aliphatic rings. The van der Waals surface area contributed by atoms with Gasteiger partial charge >= 0.3 is 0 Å². The third kappa shape index (κ3) is 4.09. The van der Waals surface area contributed by atoms with Crippen LogP contribution < -0.4 is 10.6 Å². The van der Waals surface area contributed by atoms with Gasteiger partial charge in [-0.1, -0.05) is 25.1 Å². The van der Waals surface area contributed by atoms with E-state index in [1.165, 1.54) is 4.90 Å². The maximum atomic E-state index is 13.8. The van der Waals surface area contributed by atoms with Gasteiger partial charge < -0.3 is 30.1 Å². The molecular formula is C26H36N4O6. The molecule has 196 valence electrons. The Morgan fingerprint density at radius 2 is 1.86 bits per heavy atom. The number of para-hydroxylation sites is 1. The first-order valence-electron chi connectivity index (χ1n) is 13.0. The highest BCUT2D eigenvalue weighted by atomic mass is 16.5. The number of rotatable bonds is 9. The molecule has 2 bridgehead atoms. The number of aliphatic hydroxyl groups excluding tert-OH is 1. The molecule has 1 spiro atoms. The van der Waals surface area contributed by atoms with E-state index < -0.39 is 29.1 Å². The van der Waals surface area contributed by atoms with Crippen molar-refractivity contribution in [2.45, 2.75) is 43.4 Å². The van der Waals surface area contributed by atoms with Gasteiger partial charge in [-0.15, -0.1) is 0 Å². The number of anilines is 1. The van der Waals surface area contributed by atoms with E-state index in [-0.39, 0.29) is 30.9 Å². The van der Waals surface area contributed by atoms with Crippen LogP contribution in [0.25, 0.3) is 0 Å². The molecule has 4 heterocycles. The summed E-state index contributed by atoms with van der Waals surface area (Å²) < 4.78 is 12.1. The van der Waals surface area contributed by atoms with Gasteiger partial charge in [-0.05, 0) is 31.4 Å². The van der Waals surface area contributed by atoms with E-state index in [9.17, 15) is 19.5 Å². The Labute approximate surface area is 211 Å². The number of amides is 3. The normalized spacial score (nSPS) is 33.6. The lowest BCUT2D eigenvalue weighted by Gasteiger charge is -2.34. The fourth-order valence-electron chi connectivity index (χ4n) is 6.76. The van der Waals surface area contributed by atoms with Crippen LogP contribution in [0.2, 0.25) is 0 Å². The number of nitrogens with zero attached hydrogens (tertiary/aromatic N) is 2.